The van der Waals surface area contributed by atoms with Gasteiger partial charge in [0.2, 0.25) is 0 Å². The van der Waals surface area contributed by atoms with Crippen molar-refractivity contribution in [2.24, 2.45) is 0 Å². The van der Waals surface area contributed by atoms with Crippen molar-refractivity contribution in [3.05, 3.63) is 29.8 Å². The average molecular weight is 389 g/mol. The molecule has 0 saturated carbocycles. The first-order chi connectivity index (χ1) is 10.5. The molecule has 24 heavy (non-hydrogen) atoms. The zero-order valence-electron chi connectivity index (χ0n) is 13.6. The van der Waals surface area contributed by atoms with Crippen LogP contribution in [0.2, 0.25) is 0 Å². The molecule has 1 aliphatic heterocycles. The Morgan fingerprint density at radius 1 is 1.17 bits per heavy atom. The highest BCUT2D eigenvalue weighted by Gasteiger charge is 2.32. The van der Waals surface area contributed by atoms with Gasteiger partial charge in [-0.1, -0.05) is 18.2 Å². The van der Waals surface area contributed by atoms with Gasteiger partial charge in [-0.15, -0.1) is 24.8 Å². The number of hydrogen-bond acceptors (Lipinski definition) is 3. The molecule has 1 aliphatic rings. The largest absolute Gasteiger partial charge is 0.494 e. The molecule has 1 aromatic carbocycles. The van der Waals surface area contributed by atoms with Crippen LogP contribution in [0.25, 0.3) is 0 Å². The van der Waals surface area contributed by atoms with Crippen molar-refractivity contribution in [3.8, 4) is 5.75 Å². The van der Waals surface area contributed by atoms with Crippen LogP contribution in [0.15, 0.2) is 24.3 Å². The summed E-state index contributed by atoms with van der Waals surface area (Å²) in [6.45, 7) is 5.50. The van der Waals surface area contributed by atoms with Crippen LogP contribution >= 0.6 is 24.8 Å². The van der Waals surface area contributed by atoms with Gasteiger partial charge in [0.1, 0.15) is 5.75 Å². The van der Waals surface area contributed by atoms with Gasteiger partial charge in [-0.25, -0.2) is 0 Å². The van der Waals surface area contributed by atoms with Crippen LogP contribution in [-0.2, 0) is 0 Å². The minimum atomic E-state index is -4.13. The fraction of sp³-hybridized carbons (Fsp3) is 0.625. The van der Waals surface area contributed by atoms with E-state index in [4.69, 9.17) is 4.74 Å². The molecule has 8 heteroatoms. The second-order valence-electron chi connectivity index (χ2n) is 5.43. The second kappa shape index (κ2) is 11.0. The van der Waals surface area contributed by atoms with Crippen molar-refractivity contribution < 1.29 is 17.9 Å². The summed E-state index contributed by atoms with van der Waals surface area (Å²) < 4.78 is 43.7. The molecule has 0 amide bonds. The first-order valence-electron chi connectivity index (χ1n) is 7.74. The number of para-hydroxylation sites is 1. The van der Waals surface area contributed by atoms with Gasteiger partial charge in [0, 0.05) is 44.2 Å². The summed E-state index contributed by atoms with van der Waals surface area (Å²) >= 11 is 0. The van der Waals surface area contributed by atoms with Crippen LogP contribution in [-0.4, -0.2) is 43.9 Å². The summed E-state index contributed by atoms with van der Waals surface area (Å²) in [6, 6.07) is 7.18. The Labute approximate surface area is 153 Å². The molecule has 1 atom stereocenters. The standard InChI is InChI=1S/C16H23F3N2O.2ClH/c1-2-22-15-6-4-3-5-13(15)14(7-8-16(17,18)19)21-11-9-20-10-12-21;;/h3-6,14,20H,2,7-12H2,1H3;2*1H/t14-;;/m1../s1. The normalized spacial score (nSPS) is 16.7. The van der Waals surface area contributed by atoms with E-state index in [-0.39, 0.29) is 37.3 Å². The fourth-order valence-corrected chi connectivity index (χ4v) is 2.87. The second-order valence-corrected chi connectivity index (χ2v) is 5.43. The average Bonchev–Trinajstić information content (AvgIpc) is 2.49. The highest BCUT2D eigenvalue weighted by molar-refractivity contribution is 5.85. The Morgan fingerprint density at radius 3 is 2.38 bits per heavy atom. The van der Waals surface area contributed by atoms with Gasteiger partial charge >= 0.3 is 6.18 Å². The van der Waals surface area contributed by atoms with Gasteiger partial charge in [0.05, 0.1) is 6.61 Å². The maximum atomic E-state index is 12.7. The lowest BCUT2D eigenvalue weighted by Gasteiger charge is -2.36. The highest BCUT2D eigenvalue weighted by Crippen LogP contribution is 2.36. The third-order valence-corrected chi connectivity index (χ3v) is 3.87. The van der Waals surface area contributed by atoms with E-state index in [0.717, 1.165) is 31.7 Å². The smallest absolute Gasteiger partial charge is 0.389 e. The molecule has 1 N–H and O–H groups in total. The van der Waals surface area contributed by atoms with Crippen molar-refractivity contribution in [1.29, 1.82) is 0 Å². The number of halogens is 5. The monoisotopic (exact) mass is 388 g/mol. The van der Waals surface area contributed by atoms with Crippen molar-refractivity contribution in [3.63, 3.8) is 0 Å². The number of rotatable bonds is 6. The van der Waals surface area contributed by atoms with Gasteiger partial charge in [-0.05, 0) is 19.4 Å². The Kier molecular flexibility index (Phi) is 10.7. The predicted octanol–water partition coefficient (Wildman–Crippen LogP) is 4.22. The summed E-state index contributed by atoms with van der Waals surface area (Å²) in [6.07, 6.45) is -4.84. The van der Waals surface area contributed by atoms with E-state index in [1.165, 1.54) is 0 Å². The van der Waals surface area contributed by atoms with Crippen LogP contribution in [0.5, 0.6) is 5.75 Å². The van der Waals surface area contributed by atoms with E-state index in [2.05, 4.69) is 10.2 Å². The Morgan fingerprint density at radius 2 is 1.79 bits per heavy atom. The van der Waals surface area contributed by atoms with E-state index in [1.807, 2.05) is 31.2 Å². The van der Waals surface area contributed by atoms with Gasteiger partial charge in [0.25, 0.3) is 0 Å². The van der Waals surface area contributed by atoms with Gasteiger partial charge in [-0.2, -0.15) is 13.2 Å². The molecule has 1 saturated heterocycles. The molecule has 0 radical (unpaired) electrons. The van der Waals surface area contributed by atoms with Crippen LogP contribution in [0.1, 0.15) is 31.4 Å². The van der Waals surface area contributed by atoms with E-state index < -0.39 is 12.6 Å². The third-order valence-electron chi connectivity index (χ3n) is 3.87. The van der Waals surface area contributed by atoms with Crippen molar-refractivity contribution in [2.45, 2.75) is 32.0 Å². The van der Waals surface area contributed by atoms with Crippen LogP contribution in [0.3, 0.4) is 0 Å². The molecule has 0 aliphatic carbocycles. The lowest BCUT2D eigenvalue weighted by molar-refractivity contribution is -0.138. The van der Waals surface area contributed by atoms with Gasteiger partial charge in [0.15, 0.2) is 0 Å². The molecular formula is C16H25Cl2F3N2O. The van der Waals surface area contributed by atoms with Crippen LogP contribution in [0.4, 0.5) is 13.2 Å². The minimum Gasteiger partial charge on any atom is -0.494 e. The Balaban J connectivity index is 0.00000264. The molecule has 0 spiro atoms. The quantitative estimate of drug-likeness (QED) is 0.789. The lowest BCUT2D eigenvalue weighted by Crippen LogP contribution is -2.45. The third kappa shape index (κ3) is 7.05. The fourth-order valence-electron chi connectivity index (χ4n) is 2.87. The zero-order valence-corrected chi connectivity index (χ0v) is 15.3. The summed E-state index contributed by atoms with van der Waals surface area (Å²) in [5, 5.41) is 3.24. The molecule has 1 fully saturated rings. The molecule has 3 nitrogen and oxygen atoms in total. The van der Waals surface area contributed by atoms with Gasteiger partial charge in [-0.3, -0.25) is 4.90 Å². The van der Waals surface area contributed by atoms with Gasteiger partial charge < -0.3 is 10.1 Å². The number of hydrogen-bond donors (Lipinski definition) is 1. The summed E-state index contributed by atoms with van der Waals surface area (Å²) in [5.74, 6) is 0.690. The minimum absolute atomic E-state index is 0. The van der Waals surface area contributed by atoms with Crippen LogP contribution < -0.4 is 10.1 Å². The molecular weight excluding hydrogens is 364 g/mol. The summed E-state index contributed by atoms with van der Waals surface area (Å²) in [4.78, 5) is 2.13. The molecule has 0 bridgehead atoms. The summed E-state index contributed by atoms with van der Waals surface area (Å²) in [7, 11) is 0. The SMILES string of the molecule is CCOc1ccccc1[C@@H](CCC(F)(F)F)N1CCNCC1.Cl.Cl. The maximum absolute atomic E-state index is 12.7. The topological polar surface area (TPSA) is 24.5 Å². The molecule has 1 heterocycles. The Bertz CT molecular complexity index is 469. The zero-order chi connectivity index (χ0) is 16.0. The van der Waals surface area contributed by atoms with E-state index in [9.17, 15) is 13.2 Å². The Hall–Kier alpha value is -0.690. The van der Waals surface area contributed by atoms with Crippen LogP contribution in [0, 0.1) is 0 Å². The first kappa shape index (κ1) is 23.3. The summed E-state index contributed by atoms with van der Waals surface area (Å²) in [5.41, 5.74) is 0.857. The van der Waals surface area contributed by atoms with E-state index in [1.54, 1.807) is 0 Å². The van der Waals surface area contributed by atoms with E-state index in [0.29, 0.717) is 12.4 Å². The number of alkyl halides is 3. The number of nitrogens with one attached hydrogen (secondary N) is 1. The van der Waals surface area contributed by atoms with Crippen molar-refractivity contribution in [2.75, 3.05) is 32.8 Å². The van der Waals surface area contributed by atoms with Crippen molar-refractivity contribution >= 4 is 24.8 Å². The molecule has 0 aromatic heterocycles. The maximum Gasteiger partial charge on any atom is 0.389 e. The number of ether oxygens (including phenoxy) is 1. The molecule has 1 aromatic rings. The number of piperazine rings is 1. The molecule has 140 valence electrons. The highest BCUT2D eigenvalue weighted by atomic mass is 35.5. The van der Waals surface area contributed by atoms with Crippen molar-refractivity contribution in [1.82, 2.24) is 10.2 Å². The lowest BCUT2D eigenvalue weighted by atomic mass is 9.98. The number of nitrogens with zero attached hydrogens (tertiary/aromatic N) is 1. The molecule has 0 unspecified atom stereocenters. The number of benzene rings is 1. The molecule has 2 rings (SSSR count). The predicted molar refractivity (Wildman–Crippen MR) is 94.6 cm³/mol. The first-order valence-corrected chi connectivity index (χ1v) is 7.74. The van der Waals surface area contributed by atoms with E-state index >= 15 is 0 Å².